The first-order valence-electron chi connectivity index (χ1n) is 11.2. The Morgan fingerprint density at radius 2 is 1.61 bits per heavy atom. The van der Waals surface area contributed by atoms with Gasteiger partial charge in [-0.1, -0.05) is 68.5 Å². The van der Waals surface area contributed by atoms with Crippen molar-refractivity contribution in [1.29, 1.82) is 0 Å². The van der Waals surface area contributed by atoms with Crippen LogP contribution in [-0.4, -0.2) is 31.7 Å². The molecule has 1 N–H and O–H groups in total. The van der Waals surface area contributed by atoms with Gasteiger partial charge in [-0.2, -0.15) is 4.31 Å². The number of nitrogens with zero attached hydrogens (tertiary/aromatic N) is 1. The summed E-state index contributed by atoms with van der Waals surface area (Å²) in [6, 6.07) is 9.21. The molecular weight excluding hydrogens is 432 g/mol. The zero-order valence-corrected chi connectivity index (χ0v) is 20.1. The molecule has 5 nitrogen and oxygen atoms in total. The number of benzene rings is 1. The molecule has 1 heterocycles. The summed E-state index contributed by atoms with van der Waals surface area (Å²) < 4.78 is 28.4. The van der Waals surface area contributed by atoms with Gasteiger partial charge in [0.1, 0.15) is 0 Å². The Kier molecular flexibility index (Phi) is 8.42. The van der Waals surface area contributed by atoms with Gasteiger partial charge in [0.05, 0.1) is 4.91 Å². The van der Waals surface area contributed by atoms with Crippen LogP contribution in [-0.2, 0) is 14.8 Å². The zero-order valence-electron chi connectivity index (χ0n) is 19.3. The number of rotatable bonds is 4. The molecule has 1 aromatic carbocycles. The van der Waals surface area contributed by atoms with Crippen LogP contribution in [0.5, 0.6) is 0 Å². The minimum Gasteiger partial charge on any atom is -0.322 e. The summed E-state index contributed by atoms with van der Waals surface area (Å²) in [5.41, 5.74) is 1.25. The Morgan fingerprint density at radius 1 is 0.879 bits per heavy atom. The van der Waals surface area contributed by atoms with Crippen molar-refractivity contribution >= 4 is 21.6 Å². The average Bonchev–Trinajstić information content (AvgIpc) is 2.95. The van der Waals surface area contributed by atoms with E-state index in [1.54, 1.807) is 65.1 Å². The van der Waals surface area contributed by atoms with E-state index in [0.717, 1.165) is 19.3 Å². The van der Waals surface area contributed by atoms with Gasteiger partial charge in [-0.3, -0.25) is 4.79 Å². The predicted molar refractivity (Wildman–Crippen MR) is 136 cm³/mol. The second-order valence-electron chi connectivity index (χ2n) is 8.92. The Labute approximate surface area is 197 Å². The van der Waals surface area contributed by atoms with Crippen molar-refractivity contribution in [2.24, 2.45) is 5.41 Å². The van der Waals surface area contributed by atoms with Gasteiger partial charge in [0.2, 0.25) is 10.0 Å². The fourth-order valence-electron chi connectivity index (χ4n) is 3.70. The summed E-state index contributed by atoms with van der Waals surface area (Å²) in [4.78, 5) is 13.0. The van der Waals surface area contributed by atoms with Gasteiger partial charge in [0, 0.05) is 24.4 Å². The van der Waals surface area contributed by atoms with Crippen LogP contribution in [0.2, 0.25) is 0 Å². The van der Waals surface area contributed by atoms with E-state index in [9.17, 15) is 13.2 Å². The molecule has 1 aromatic rings. The minimum absolute atomic E-state index is 0.141. The molecule has 0 radical (unpaired) electrons. The highest BCUT2D eigenvalue weighted by molar-refractivity contribution is 7.93. The molecule has 0 aromatic heterocycles. The predicted octanol–water partition coefficient (Wildman–Crippen LogP) is 5.52. The molecule has 0 bridgehead atoms. The Balaban J connectivity index is 1.86. The lowest BCUT2D eigenvalue weighted by atomic mass is 9.85. The zero-order chi connectivity index (χ0) is 23.7. The largest absolute Gasteiger partial charge is 0.322 e. The van der Waals surface area contributed by atoms with Crippen molar-refractivity contribution in [3.05, 3.63) is 102 Å². The number of amides is 1. The quantitative estimate of drug-likeness (QED) is 0.638. The van der Waals surface area contributed by atoms with Gasteiger partial charge in [-0.05, 0) is 61.1 Å². The van der Waals surface area contributed by atoms with E-state index in [0.29, 0.717) is 24.4 Å². The highest BCUT2D eigenvalue weighted by Gasteiger charge is 2.30. The normalized spacial score (nSPS) is 19.6. The van der Waals surface area contributed by atoms with Crippen molar-refractivity contribution in [2.75, 3.05) is 18.4 Å². The first kappa shape index (κ1) is 24.7. The highest BCUT2D eigenvalue weighted by Crippen LogP contribution is 2.31. The number of hydrogen-bond acceptors (Lipinski definition) is 3. The van der Waals surface area contributed by atoms with Crippen molar-refractivity contribution in [3.63, 3.8) is 0 Å². The summed E-state index contributed by atoms with van der Waals surface area (Å²) in [6.07, 6.45) is 19.6. The van der Waals surface area contributed by atoms with E-state index in [1.165, 1.54) is 0 Å². The smallest absolute Gasteiger partial charge is 0.255 e. The molecule has 1 fully saturated rings. The lowest BCUT2D eigenvalue weighted by molar-refractivity contribution is -0.112. The van der Waals surface area contributed by atoms with Gasteiger partial charge in [-0.15, -0.1) is 0 Å². The standard InChI is InChI=1S/C27H32N2O3S/c1-27(2)19-12-21-29(22-20-27)33(31,32)25-17-10-5-3-4-7-13-23(14-11-18-25)26(30)28-24-15-8-6-9-16-24/h3-11,13-18H,12,19-22H2,1-2H3,(H,28,30). The van der Waals surface area contributed by atoms with Crippen LogP contribution < -0.4 is 5.32 Å². The fraction of sp³-hybridized carbons (Fsp3) is 0.296. The average molecular weight is 465 g/mol. The maximum atomic E-state index is 13.4. The van der Waals surface area contributed by atoms with Crippen LogP contribution in [0.3, 0.4) is 0 Å². The van der Waals surface area contributed by atoms with Gasteiger partial charge in [-0.25, -0.2) is 8.42 Å². The van der Waals surface area contributed by atoms with Crippen molar-refractivity contribution in [2.45, 2.75) is 33.1 Å². The third-order valence-electron chi connectivity index (χ3n) is 5.75. The molecule has 6 heteroatoms. The van der Waals surface area contributed by atoms with Crippen LogP contribution in [0, 0.1) is 5.41 Å². The maximum absolute atomic E-state index is 13.4. The monoisotopic (exact) mass is 464 g/mol. The number of allylic oxidation sites excluding steroid dienone is 9. The van der Waals surface area contributed by atoms with Crippen LogP contribution >= 0.6 is 0 Å². The molecule has 1 saturated heterocycles. The molecule has 1 amide bonds. The molecular formula is C27H32N2O3S. The van der Waals surface area contributed by atoms with Crippen molar-refractivity contribution in [1.82, 2.24) is 4.31 Å². The van der Waals surface area contributed by atoms with E-state index in [-0.39, 0.29) is 16.2 Å². The number of sulfonamides is 1. The highest BCUT2D eigenvalue weighted by atomic mass is 32.2. The van der Waals surface area contributed by atoms with Crippen LogP contribution in [0.15, 0.2) is 102 Å². The number of anilines is 1. The van der Waals surface area contributed by atoms with Gasteiger partial charge >= 0.3 is 0 Å². The summed E-state index contributed by atoms with van der Waals surface area (Å²) in [6.45, 7) is 5.40. The van der Waals surface area contributed by atoms with E-state index in [2.05, 4.69) is 19.2 Å². The van der Waals surface area contributed by atoms with Gasteiger partial charge in [0.25, 0.3) is 5.91 Å². The Hall–Kier alpha value is -2.96. The molecule has 2 aliphatic rings. The molecule has 0 spiro atoms. The number of para-hydroxylation sites is 1. The Bertz CT molecular complexity index is 1120. The molecule has 0 atom stereocenters. The van der Waals surface area contributed by atoms with E-state index in [1.807, 2.05) is 30.3 Å². The van der Waals surface area contributed by atoms with E-state index in [4.69, 9.17) is 0 Å². The maximum Gasteiger partial charge on any atom is 0.255 e. The summed E-state index contributed by atoms with van der Waals surface area (Å²) >= 11 is 0. The minimum atomic E-state index is -3.65. The van der Waals surface area contributed by atoms with E-state index >= 15 is 0 Å². The molecule has 0 unspecified atom stereocenters. The summed E-state index contributed by atoms with van der Waals surface area (Å²) in [5, 5.41) is 2.86. The van der Waals surface area contributed by atoms with E-state index < -0.39 is 10.0 Å². The molecule has 3 rings (SSSR count). The lowest BCUT2D eigenvalue weighted by Crippen LogP contribution is -2.33. The number of carbonyl (C=O) groups excluding carboxylic acids is 1. The van der Waals surface area contributed by atoms with Crippen LogP contribution in [0.25, 0.3) is 0 Å². The lowest BCUT2D eigenvalue weighted by Gasteiger charge is -2.23. The van der Waals surface area contributed by atoms with Crippen molar-refractivity contribution in [3.8, 4) is 0 Å². The van der Waals surface area contributed by atoms with Crippen LogP contribution in [0.1, 0.15) is 33.1 Å². The second-order valence-corrected chi connectivity index (χ2v) is 10.9. The first-order chi connectivity index (χ1) is 15.8. The number of hydrogen-bond donors (Lipinski definition) is 1. The van der Waals surface area contributed by atoms with Gasteiger partial charge in [0.15, 0.2) is 0 Å². The first-order valence-corrected chi connectivity index (χ1v) is 12.7. The fourth-order valence-corrected chi connectivity index (χ4v) is 5.20. The third-order valence-corrected chi connectivity index (χ3v) is 7.66. The topological polar surface area (TPSA) is 66.5 Å². The molecule has 1 aliphatic carbocycles. The second kappa shape index (κ2) is 11.3. The Morgan fingerprint density at radius 3 is 2.39 bits per heavy atom. The third kappa shape index (κ3) is 7.27. The molecule has 174 valence electrons. The summed E-state index contributed by atoms with van der Waals surface area (Å²) in [5.74, 6) is -0.272. The molecule has 0 saturated carbocycles. The van der Waals surface area contributed by atoms with Gasteiger partial charge < -0.3 is 5.32 Å². The van der Waals surface area contributed by atoms with Crippen LogP contribution in [0.4, 0.5) is 5.69 Å². The number of nitrogens with one attached hydrogen (secondary N) is 1. The SMILES string of the molecule is CC1(C)CCCN(S(=O)(=O)C2=CC=CC(C(=O)Nc3ccccc3)=CC=CC=CC=C2)CC1. The molecule has 33 heavy (non-hydrogen) atoms. The number of carbonyl (C=O) groups is 1. The van der Waals surface area contributed by atoms with Crippen molar-refractivity contribution < 1.29 is 13.2 Å². The summed E-state index contributed by atoms with van der Waals surface area (Å²) in [7, 11) is -3.65. The molecule has 1 aliphatic heterocycles.